The number of hydrogen-bond acceptors (Lipinski definition) is 5. The number of furan rings is 1. The van der Waals surface area contributed by atoms with Crippen molar-refractivity contribution < 1.29 is 23.9 Å². The van der Waals surface area contributed by atoms with Crippen LogP contribution < -0.4 is 15.7 Å². The lowest BCUT2D eigenvalue weighted by Crippen LogP contribution is -2.49. The molecule has 0 saturated heterocycles. The van der Waals surface area contributed by atoms with E-state index in [0.29, 0.717) is 0 Å². The van der Waals surface area contributed by atoms with Crippen molar-refractivity contribution in [1.29, 1.82) is 0 Å². The Morgan fingerprint density at radius 1 is 0.893 bits per heavy atom. The van der Waals surface area contributed by atoms with Gasteiger partial charge in [-0.3, -0.25) is 9.59 Å². The first-order chi connectivity index (χ1) is 13.5. The fraction of sp³-hybridized carbons (Fsp3) is 0.0952. The summed E-state index contributed by atoms with van der Waals surface area (Å²) in [7, 11) is 0. The zero-order valence-electron chi connectivity index (χ0n) is 14.8. The van der Waals surface area contributed by atoms with E-state index in [9.17, 15) is 19.5 Å². The van der Waals surface area contributed by atoms with E-state index in [2.05, 4.69) is 10.6 Å². The number of carbonyl (C=O) groups excluding carboxylic acids is 3. The molecule has 1 aromatic heterocycles. The normalized spacial score (nSPS) is 11.4. The van der Waals surface area contributed by atoms with Crippen LogP contribution in [0.15, 0.2) is 77.4 Å². The van der Waals surface area contributed by atoms with Gasteiger partial charge in [0, 0.05) is 0 Å². The molecule has 7 nitrogen and oxygen atoms in total. The first-order valence-electron chi connectivity index (χ1n) is 8.54. The molecule has 28 heavy (non-hydrogen) atoms. The lowest BCUT2D eigenvalue weighted by Gasteiger charge is -2.20. The van der Waals surface area contributed by atoms with Gasteiger partial charge in [-0.05, 0) is 36.2 Å². The second-order valence-electron chi connectivity index (χ2n) is 6.01. The van der Waals surface area contributed by atoms with Gasteiger partial charge in [-0.2, -0.15) is 0 Å². The molecule has 0 spiro atoms. The molecule has 0 bridgehead atoms. The largest absolute Gasteiger partial charge is 0.548 e. The number of amides is 2. The van der Waals surface area contributed by atoms with E-state index in [1.807, 2.05) is 6.07 Å². The van der Waals surface area contributed by atoms with E-state index < -0.39 is 23.8 Å². The predicted molar refractivity (Wildman–Crippen MR) is 99.5 cm³/mol. The van der Waals surface area contributed by atoms with Crippen molar-refractivity contribution in [2.24, 2.45) is 0 Å². The molecule has 3 rings (SSSR count). The molecule has 0 aliphatic rings. The maximum absolute atomic E-state index is 12.7. The Morgan fingerprint density at radius 3 is 2.29 bits per heavy atom. The van der Waals surface area contributed by atoms with Gasteiger partial charge in [0.1, 0.15) is 0 Å². The van der Waals surface area contributed by atoms with Crippen molar-refractivity contribution in [2.45, 2.75) is 12.5 Å². The van der Waals surface area contributed by atoms with Crippen LogP contribution in [0.1, 0.15) is 26.5 Å². The highest BCUT2D eigenvalue weighted by Crippen LogP contribution is 2.17. The molecule has 1 atom stereocenters. The third-order valence-electron chi connectivity index (χ3n) is 4.04. The molecule has 2 N–H and O–H groups in total. The number of aliphatic carboxylic acids is 1. The Hall–Kier alpha value is -3.87. The minimum Gasteiger partial charge on any atom is -0.548 e. The molecule has 1 heterocycles. The molecule has 142 valence electrons. The van der Waals surface area contributed by atoms with E-state index in [1.54, 1.807) is 48.5 Å². The highest BCUT2D eigenvalue weighted by molar-refractivity contribution is 6.08. The molecule has 2 amide bonds. The second-order valence-corrected chi connectivity index (χ2v) is 6.01. The summed E-state index contributed by atoms with van der Waals surface area (Å²) in [6, 6.07) is 17.0. The average molecular weight is 377 g/mol. The molecular weight excluding hydrogens is 360 g/mol. The van der Waals surface area contributed by atoms with Crippen LogP contribution in [0.25, 0.3) is 0 Å². The summed E-state index contributed by atoms with van der Waals surface area (Å²) in [5, 5.41) is 16.5. The van der Waals surface area contributed by atoms with Crippen LogP contribution in [0.2, 0.25) is 0 Å². The molecule has 3 aromatic rings. The van der Waals surface area contributed by atoms with Crippen molar-refractivity contribution in [1.82, 2.24) is 5.32 Å². The summed E-state index contributed by atoms with van der Waals surface area (Å²) >= 11 is 0. The van der Waals surface area contributed by atoms with Gasteiger partial charge in [-0.1, -0.05) is 42.5 Å². The van der Waals surface area contributed by atoms with Crippen LogP contribution in [0.4, 0.5) is 5.69 Å². The lowest BCUT2D eigenvalue weighted by molar-refractivity contribution is -0.308. The predicted octanol–water partition coefficient (Wildman–Crippen LogP) is 1.62. The molecule has 7 heteroatoms. The maximum atomic E-state index is 12.7. The third kappa shape index (κ3) is 4.64. The van der Waals surface area contributed by atoms with Gasteiger partial charge in [0.15, 0.2) is 5.76 Å². The van der Waals surface area contributed by atoms with Crippen LogP contribution in [-0.4, -0.2) is 23.8 Å². The molecular formula is C21H17N2O5-. The Labute approximate surface area is 161 Å². The van der Waals surface area contributed by atoms with E-state index >= 15 is 0 Å². The SMILES string of the molecule is O=C(Nc1ccccc1C(=O)NC(Cc1ccccc1)C(=O)[O-])c1ccco1. The topological polar surface area (TPSA) is 111 Å². The van der Waals surface area contributed by atoms with Crippen LogP contribution in [-0.2, 0) is 11.2 Å². The van der Waals surface area contributed by atoms with Crippen molar-refractivity contribution in [3.8, 4) is 0 Å². The molecule has 1 unspecified atom stereocenters. The number of carboxylic acid groups (broad SMARTS) is 1. The van der Waals surface area contributed by atoms with Gasteiger partial charge in [-0.15, -0.1) is 0 Å². The number of hydrogen-bond donors (Lipinski definition) is 2. The number of rotatable bonds is 7. The van der Waals surface area contributed by atoms with E-state index in [0.717, 1.165) is 5.56 Å². The van der Waals surface area contributed by atoms with Crippen molar-refractivity contribution in [2.75, 3.05) is 5.32 Å². The summed E-state index contributed by atoms with van der Waals surface area (Å²) in [4.78, 5) is 36.3. The standard InChI is InChI=1S/C21H18N2O5/c24-19(23-17(21(26)27)13-14-7-2-1-3-8-14)15-9-4-5-10-16(15)22-20(25)18-11-6-12-28-18/h1-12,17H,13H2,(H,22,25)(H,23,24)(H,26,27)/p-1. The first-order valence-corrected chi connectivity index (χ1v) is 8.54. The average Bonchev–Trinajstić information content (AvgIpc) is 3.23. The van der Waals surface area contributed by atoms with Crippen molar-refractivity contribution in [3.05, 3.63) is 89.9 Å². The lowest BCUT2D eigenvalue weighted by atomic mass is 10.1. The Balaban J connectivity index is 1.76. The highest BCUT2D eigenvalue weighted by Gasteiger charge is 2.19. The summed E-state index contributed by atoms with van der Waals surface area (Å²) < 4.78 is 5.03. The summed E-state index contributed by atoms with van der Waals surface area (Å²) in [5.74, 6) is -2.47. The van der Waals surface area contributed by atoms with Crippen LogP contribution in [0, 0.1) is 0 Å². The third-order valence-corrected chi connectivity index (χ3v) is 4.04. The van der Waals surface area contributed by atoms with Crippen LogP contribution >= 0.6 is 0 Å². The molecule has 2 aromatic carbocycles. The van der Waals surface area contributed by atoms with E-state index in [1.165, 1.54) is 18.4 Å². The van der Waals surface area contributed by atoms with Gasteiger partial charge >= 0.3 is 0 Å². The molecule has 0 radical (unpaired) electrons. The van der Waals surface area contributed by atoms with Crippen LogP contribution in [0.5, 0.6) is 0 Å². The smallest absolute Gasteiger partial charge is 0.291 e. The number of carboxylic acids is 1. The number of benzene rings is 2. The van der Waals surface area contributed by atoms with E-state index in [-0.39, 0.29) is 23.4 Å². The van der Waals surface area contributed by atoms with Gasteiger partial charge in [0.2, 0.25) is 0 Å². The molecule has 0 fully saturated rings. The number of nitrogens with one attached hydrogen (secondary N) is 2. The van der Waals surface area contributed by atoms with Gasteiger partial charge in [-0.25, -0.2) is 0 Å². The van der Waals surface area contributed by atoms with Gasteiger partial charge in [0.25, 0.3) is 11.8 Å². The van der Waals surface area contributed by atoms with Gasteiger partial charge < -0.3 is 25.0 Å². The minimum absolute atomic E-state index is 0.0792. The summed E-state index contributed by atoms with van der Waals surface area (Å²) in [6.45, 7) is 0. The quantitative estimate of drug-likeness (QED) is 0.650. The Morgan fingerprint density at radius 2 is 1.61 bits per heavy atom. The number of para-hydroxylation sites is 1. The fourth-order valence-corrected chi connectivity index (χ4v) is 2.66. The number of carbonyl (C=O) groups is 3. The maximum Gasteiger partial charge on any atom is 0.291 e. The molecule has 0 saturated carbocycles. The van der Waals surface area contributed by atoms with Gasteiger partial charge in [0.05, 0.1) is 29.5 Å². The zero-order chi connectivity index (χ0) is 19.9. The van der Waals surface area contributed by atoms with Crippen molar-refractivity contribution >= 4 is 23.5 Å². The second kappa shape index (κ2) is 8.68. The minimum atomic E-state index is -1.39. The molecule has 0 aliphatic heterocycles. The number of anilines is 1. The van der Waals surface area contributed by atoms with Crippen molar-refractivity contribution in [3.63, 3.8) is 0 Å². The monoisotopic (exact) mass is 377 g/mol. The van der Waals surface area contributed by atoms with E-state index in [4.69, 9.17) is 4.42 Å². The highest BCUT2D eigenvalue weighted by atomic mass is 16.4. The zero-order valence-corrected chi connectivity index (χ0v) is 14.8. The van der Waals surface area contributed by atoms with Crippen LogP contribution in [0.3, 0.4) is 0 Å². The Kier molecular flexibility index (Phi) is 5.86. The summed E-state index contributed by atoms with van der Waals surface area (Å²) in [5.41, 5.74) is 1.11. The summed E-state index contributed by atoms with van der Waals surface area (Å²) in [6.07, 6.45) is 1.44. The molecule has 0 aliphatic carbocycles. The first kappa shape index (κ1) is 18.9. The Bertz CT molecular complexity index is 967. The fourth-order valence-electron chi connectivity index (χ4n) is 2.66.